The van der Waals surface area contributed by atoms with E-state index >= 15 is 0 Å². The van der Waals surface area contributed by atoms with E-state index in [-0.39, 0.29) is 30.9 Å². The van der Waals surface area contributed by atoms with Crippen LogP contribution in [0.4, 0.5) is 14.5 Å². The number of aliphatic hydroxyl groups excluding tert-OH is 5. The number of ether oxygens (including phenoxy) is 1. The molecule has 7 atom stereocenters. The minimum Gasteiger partial charge on any atom is -0.494 e. The van der Waals surface area contributed by atoms with Gasteiger partial charge >= 0.3 is 0 Å². The zero-order valence-electron chi connectivity index (χ0n) is 25.5. The summed E-state index contributed by atoms with van der Waals surface area (Å²) in [7, 11) is 0. The highest BCUT2D eigenvalue weighted by Gasteiger charge is 2.48. The van der Waals surface area contributed by atoms with Crippen LogP contribution in [-0.4, -0.2) is 87.0 Å². The van der Waals surface area contributed by atoms with Crippen LogP contribution in [0.5, 0.6) is 5.75 Å². The molecular weight excluding hydrogens is 598 g/mol. The summed E-state index contributed by atoms with van der Waals surface area (Å²) in [6.07, 6.45) is -1.30. The normalized spacial score (nSPS) is 25.7. The lowest BCUT2D eigenvalue weighted by Gasteiger charge is -2.48. The Kier molecular flexibility index (Phi) is 11.4. The van der Waals surface area contributed by atoms with E-state index in [1.54, 1.807) is 21.9 Å². The van der Waals surface area contributed by atoms with Crippen molar-refractivity contribution in [3.8, 4) is 5.75 Å². The van der Waals surface area contributed by atoms with E-state index in [1.165, 1.54) is 36.4 Å². The molecular formula is C35H42F2N2O7. The molecule has 2 aliphatic heterocycles. The van der Waals surface area contributed by atoms with Crippen molar-refractivity contribution >= 4 is 11.6 Å². The summed E-state index contributed by atoms with van der Waals surface area (Å²) >= 11 is 0. The van der Waals surface area contributed by atoms with Crippen molar-refractivity contribution in [3.05, 3.63) is 95.6 Å². The number of carbonyl (C=O) groups is 1. The van der Waals surface area contributed by atoms with Crippen LogP contribution < -0.4 is 9.64 Å². The molecule has 0 spiro atoms. The van der Waals surface area contributed by atoms with Crippen LogP contribution in [0.3, 0.4) is 0 Å². The van der Waals surface area contributed by atoms with Crippen LogP contribution in [0.1, 0.15) is 55.4 Å². The highest BCUT2D eigenvalue weighted by Crippen LogP contribution is 2.46. The van der Waals surface area contributed by atoms with Crippen LogP contribution in [0.2, 0.25) is 0 Å². The summed E-state index contributed by atoms with van der Waals surface area (Å²) in [5, 5.41) is 50.3. The number of hydrogen-bond acceptors (Lipinski definition) is 8. The van der Waals surface area contributed by atoms with Gasteiger partial charge in [0.1, 0.15) is 29.6 Å². The Bertz CT molecular complexity index is 1410. The Labute approximate surface area is 267 Å². The summed E-state index contributed by atoms with van der Waals surface area (Å²) in [6, 6.07) is 18.0. The van der Waals surface area contributed by atoms with Gasteiger partial charge in [0.25, 0.3) is 0 Å². The Hall–Kier alpha value is -3.45. The smallest absolute Gasteiger partial charge is 0.233 e. The van der Waals surface area contributed by atoms with E-state index in [1.807, 2.05) is 24.3 Å². The number of likely N-dealkylation sites (tertiary alicyclic amines) is 1. The second-order valence-electron chi connectivity index (χ2n) is 12.2. The van der Waals surface area contributed by atoms with Gasteiger partial charge in [0.05, 0.1) is 43.4 Å². The molecule has 2 saturated heterocycles. The first-order valence-electron chi connectivity index (χ1n) is 15.8. The van der Waals surface area contributed by atoms with Gasteiger partial charge in [0.15, 0.2) is 0 Å². The molecule has 2 heterocycles. The average Bonchev–Trinajstić information content (AvgIpc) is 3.05. The number of rotatable bonds is 14. The van der Waals surface area contributed by atoms with Crippen molar-refractivity contribution in [1.82, 2.24) is 4.90 Å². The Morgan fingerprint density at radius 1 is 0.848 bits per heavy atom. The molecule has 46 heavy (non-hydrogen) atoms. The number of nitrogens with zero attached hydrogens (tertiary/aromatic N) is 2. The monoisotopic (exact) mass is 640 g/mol. The molecule has 5 N–H and O–H groups in total. The van der Waals surface area contributed by atoms with E-state index in [0.29, 0.717) is 43.0 Å². The second-order valence-corrected chi connectivity index (χ2v) is 12.2. The average molecular weight is 641 g/mol. The minimum atomic E-state index is -1.27. The summed E-state index contributed by atoms with van der Waals surface area (Å²) in [6.45, 7) is 0.917. The number of β-lactam (4-membered cyclic amide) rings is 1. The van der Waals surface area contributed by atoms with E-state index < -0.39 is 42.2 Å². The van der Waals surface area contributed by atoms with Gasteiger partial charge in [-0.05, 0) is 98.3 Å². The van der Waals surface area contributed by atoms with Crippen LogP contribution in [0, 0.1) is 17.6 Å². The SMILES string of the molecule is O=C1[C@H](CC[C@H](O)c2ccc(F)cc2)[C@@H](c2ccc(OCCCCCN3C[C@H](O)[C@@H](O)[C@H](O)[C@H]3CO)cc2)N1c1ccc(F)cc1. The quantitative estimate of drug-likeness (QED) is 0.134. The Morgan fingerprint density at radius 2 is 1.50 bits per heavy atom. The summed E-state index contributed by atoms with van der Waals surface area (Å²) in [4.78, 5) is 16.8. The summed E-state index contributed by atoms with van der Waals surface area (Å²) in [5.74, 6) is -0.627. The molecule has 3 aromatic rings. The Balaban J connectivity index is 1.15. The van der Waals surface area contributed by atoms with E-state index in [0.717, 1.165) is 24.8 Å². The van der Waals surface area contributed by atoms with Crippen LogP contribution in [-0.2, 0) is 4.79 Å². The lowest BCUT2D eigenvalue weighted by Crippen LogP contribution is -2.62. The molecule has 0 unspecified atom stereocenters. The maximum atomic E-state index is 13.6. The van der Waals surface area contributed by atoms with Gasteiger partial charge in [-0.3, -0.25) is 9.69 Å². The fraction of sp³-hybridized carbons (Fsp3) is 0.457. The third-order valence-corrected chi connectivity index (χ3v) is 9.12. The fourth-order valence-electron chi connectivity index (χ4n) is 6.47. The third-order valence-electron chi connectivity index (χ3n) is 9.12. The van der Waals surface area contributed by atoms with Crippen LogP contribution in [0.25, 0.3) is 0 Å². The standard InChI is InChI=1S/C35H42F2N2O7/c36-24-8-4-22(5-9-24)30(41)17-16-28-32(39(35(28)45)26-12-10-25(37)11-13-26)23-6-14-27(15-7-23)46-19-3-1-2-18-38-20-31(42)34(44)33(43)29(38)21-40/h4-15,28-34,40-44H,1-3,16-21H2/t28-,29-,30+,31+,32-,33-,34-/m1/s1. The number of halogens is 2. The number of aliphatic hydroxyl groups is 5. The van der Waals surface area contributed by atoms with Gasteiger partial charge in [-0.15, -0.1) is 0 Å². The molecule has 0 radical (unpaired) electrons. The minimum absolute atomic E-state index is 0.113. The molecule has 2 aliphatic rings. The lowest BCUT2D eigenvalue weighted by atomic mass is 9.78. The van der Waals surface area contributed by atoms with Gasteiger partial charge in [-0.1, -0.05) is 24.3 Å². The molecule has 3 aromatic carbocycles. The molecule has 0 aromatic heterocycles. The summed E-state index contributed by atoms with van der Waals surface area (Å²) in [5.41, 5.74) is 2.05. The topological polar surface area (TPSA) is 134 Å². The molecule has 0 aliphatic carbocycles. The number of carbonyl (C=O) groups excluding carboxylic acids is 1. The number of piperidine rings is 1. The Morgan fingerprint density at radius 3 is 2.15 bits per heavy atom. The largest absolute Gasteiger partial charge is 0.494 e. The van der Waals surface area contributed by atoms with E-state index in [9.17, 15) is 39.1 Å². The third kappa shape index (κ3) is 7.74. The van der Waals surface area contributed by atoms with Crippen molar-refractivity contribution in [2.75, 3.05) is 31.2 Å². The number of unbranched alkanes of at least 4 members (excludes halogenated alkanes) is 2. The molecule has 9 nitrogen and oxygen atoms in total. The number of anilines is 1. The highest BCUT2D eigenvalue weighted by atomic mass is 19.1. The number of β-amino-alcohol motifs (C(OH)–C–C–N with tert-alkyl or cyclic N) is 1. The van der Waals surface area contributed by atoms with Crippen molar-refractivity contribution in [2.24, 2.45) is 5.92 Å². The van der Waals surface area contributed by atoms with E-state index in [2.05, 4.69) is 0 Å². The maximum Gasteiger partial charge on any atom is 0.233 e. The predicted molar refractivity (Wildman–Crippen MR) is 167 cm³/mol. The number of hydrogen-bond donors (Lipinski definition) is 5. The van der Waals surface area contributed by atoms with Gasteiger partial charge in [-0.2, -0.15) is 0 Å². The molecule has 248 valence electrons. The first-order valence-corrected chi connectivity index (χ1v) is 15.8. The van der Waals surface area contributed by atoms with Crippen molar-refractivity contribution < 1.29 is 43.8 Å². The van der Waals surface area contributed by atoms with E-state index in [4.69, 9.17) is 4.74 Å². The van der Waals surface area contributed by atoms with Gasteiger partial charge < -0.3 is 35.2 Å². The summed E-state index contributed by atoms with van der Waals surface area (Å²) < 4.78 is 32.9. The number of benzene rings is 3. The molecule has 0 saturated carbocycles. The molecule has 11 heteroatoms. The second kappa shape index (κ2) is 15.4. The zero-order chi connectivity index (χ0) is 32.8. The van der Waals surface area contributed by atoms with Crippen LogP contribution in [0.15, 0.2) is 72.8 Å². The number of amides is 1. The molecule has 2 fully saturated rings. The van der Waals surface area contributed by atoms with Crippen molar-refractivity contribution in [1.29, 1.82) is 0 Å². The fourth-order valence-corrected chi connectivity index (χ4v) is 6.47. The van der Waals surface area contributed by atoms with Crippen LogP contribution >= 0.6 is 0 Å². The van der Waals surface area contributed by atoms with Gasteiger partial charge in [-0.25, -0.2) is 8.78 Å². The highest BCUT2D eigenvalue weighted by molar-refractivity contribution is 6.03. The molecule has 5 rings (SSSR count). The molecule has 1 amide bonds. The first-order chi connectivity index (χ1) is 22.2. The lowest BCUT2D eigenvalue weighted by molar-refractivity contribution is -0.145. The zero-order valence-corrected chi connectivity index (χ0v) is 25.5. The maximum absolute atomic E-state index is 13.6. The first kappa shape index (κ1) is 33.9. The van der Waals surface area contributed by atoms with Gasteiger partial charge in [0, 0.05) is 12.2 Å². The van der Waals surface area contributed by atoms with Gasteiger partial charge in [0.2, 0.25) is 5.91 Å². The molecule has 0 bridgehead atoms. The predicted octanol–water partition coefficient (Wildman–Crippen LogP) is 3.49. The van der Waals surface area contributed by atoms with Crippen molar-refractivity contribution in [3.63, 3.8) is 0 Å². The van der Waals surface area contributed by atoms with Crippen molar-refractivity contribution in [2.45, 2.75) is 68.6 Å².